The highest BCUT2D eigenvalue weighted by atomic mass is 16.5. The molecule has 0 saturated heterocycles. The molecule has 0 amide bonds. The topological polar surface area (TPSA) is 101 Å². The van der Waals surface area contributed by atoms with E-state index in [0.29, 0.717) is 0 Å². The van der Waals surface area contributed by atoms with Crippen LogP contribution in [0.15, 0.2) is 58.1 Å². The van der Waals surface area contributed by atoms with Crippen molar-refractivity contribution in [1.82, 2.24) is 0 Å². The van der Waals surface area contributed by atoms with Crippen LogP contribution in [0, 0.1) is 16.4 Å². The molecule has 0 heterocycles. The Morgan fingerprint density at radius 1 is 1.19 bits per heavy atom. The van der Waals surface area contributed by atoms with Gasteiger partial charge in [-0.2, -0.15) is 5.53 Å². The average molecular weight is 439 g/mol. The molecule has 0 bridgehead atoms. The number of carbonyl (C=O) groups excluding carboxylic acids is 1. The van der Waals surface area contributed by atoms with Gasteiger partial charge in [0.2, 0.25) is 0 Å². The molecular formula is C26H38N4O2. The van der Waals surface area contributed by atoms with Gasteiger partial charge in [0.25, 0.3) is 0 Å². The van der Waals surface area contributed by atoms with Crippen LogP contribution in [0.4, 0.5) is 0 Å². The van der Waals surface area contributed by atoms with Gasteiger partial charge in [-0.1, -0.05) is 77.1 Å². The third kappa shape index (κ3) is 5.00. The summed E-state index contributed by atoms with van der Waals surface area (Å²) in [5.74, 6) is 1.14. The number of rotatable bonds is 9. The van der Waals surface area contributed by atoms with Gasteiger partial charge < -0.3 is 10.5 Å². The summed E-state index contributed by atoms with van der Waals surface area (Å²) < 4.78 is 5.92. The normalized spacial score (nSPS) is 19.8. The molecule has 3 N–H and O–H groups in total. The molecule has 0 saturated carbocycles. The monoisotopic (exact) mass is 438 g/mol. The zero-order valence-electron chi connectivity index (χ0n) is 20.6. The van der Waals surface area contributed by atoms with Crippen molar-refractivity contribution < 1.29 is 9.53 Å². The largest absolute Gasteiger partial charge is 0.486 e. The quantitative estimate of drug-likeness (QED) is 0.206. The third-order valence-corrected chi connectivity index (χ3v) is 7.02. The van der Waals surface area contributed by atoms with E-state index in [0.717, 1.165) is 36.2 Å². The van der Waals surface area contributed by atoms with Crippen LogP contribution in [-0.2, 0) is 14.9 Å². The van der Waals surface area contributed by atoms with Gasteiger partial charge in [0.05, 0.1) is 0 Å². The Morgan fingerprint density at radius 2 is 1.78 bits per heavy atom. The van der Waals surface area contributed by atoms with Crippen LogP contribution < -0.4 is 5.73 Å². The van der Waals surface area contributed by atoms with Gasteiger partial charge in [0, 0.05) is 16.4 Å². The average Bonchev–Trinajstić information content (AvgIpc) is 2.74. The van der Waals surface area contributed by atoms with E-state index in [9.17, 15) is 4.79 Å². The van der Waals surface area contributed by atoms with E-state index >= 15 is 0 Å². The first kappa shape index (κ1) is 25.5. The van der Waals surface area contributed by atoms with E-state index in [1.54, 1.807) is 0 Å². The van der Waals surface area contributed by atoms with Gasteiger partial charge >= 0.3 is 0 Å². The molecule has 0 spiro atoms. The molecule has 0 aliphatic heterocycles. The maximum absolute atomic E-state index is 12.3. The minimum Gasteiger partial charge on any atom is -0.486 e. The summed E-state index contributed by atoms with van der Waals surface area (Å²) in [4.78, 5) is 12.3. The van der Waals surface area contributed by atoms with Crippen molar-refractivity contribution in [3.05, 3.63) is 58.9 Å². The maximum Gasteiger partial charge on any atom is 0.175 e. The van der Waals surface area contributed by atoms with E-state index in [2.05, 4.69) is 62.3 Å². The van der Waals surface area contributed by atoms with Crippen LogP contribution in [-0.4, -0.2) is 18.2 Å². The minimum absolute atomic E-state index is 0.0816. The van der Waals surface area contributed by atoms with Crippen LogP contribution in [0.1, 0.15) is 78.9 Å². The summed E-state index contributed by atoms with van der Waals surface area (Å²) in [6, 6.07) is 8.12. The van der Waals surface area contributed by atoms with Crippen molar-refractivity contribution in [1.29, 1.82) is 5.53 Å². The van der Waals surface area contributed by atoms with Crippen molar-refractivity contribution >= 4 is 11.6 Å². The Labute approximate surface area is 192 Å². The second kappa shape index (κ2) is 9.80. The molecular weight excluding hydrogens is 400 g/mol. The summed E-state index contributed by atoms with van der Waals surface area (Å²) in [6.07, 6.45) is 7.23. The van der Waals surface area contributed by atoms with E-state index in [-0.39, 0.29) is 29.1 Å². The molecule has 32 heavy (non-hydrogen) atoms. The van der Waals surface area contributed by atoms with Crippen LogP contribution in [0.25, 0.3) is 0 Å². The number of allylic oxidation sites excluding steroid dienone is 3. The molecule has 1 aromatic carbocycles. The molecule has 0 fully saturated rings. The van der Waals surface area contributed by atoms with Crippen molar-refractivity contribution in [2.45, 2.75) is 73.1 Å². The van der Waals surface area contributed by atoms with Gasteiger partial charge in [-0.3, -0.25) is 4.79 Å². The van der Waals surface area contributed by atoms with Crippen molar-refractivity contribution in [2.24, 2.45) is 26.9 Å². The van der Waals surface area contributed by atoms with E-state index in [4.69, 9.17) is 16.0 Å². The van der Waals surface area contributed by atoms with Crippen molar-refractivity contribution in [2.75, 3.05) is 6.61 Å². The number of hydrogen-bond donors (Lipinski definition) is 2. The first-order valence-corrected chi connectivity index (χ1v) is 11.3. The number of Topliss-reactive ketones (excluding diaryl/α,β-unsaturated/α-hetero) is 1. The lowest BCUT2D eigenvalue weighted by Gasteiger charge is -2.49. The molecule has 1 aliphatic rings. The highest BCUT2D eigenvalue weighted by molar-refractivity contribution is 5.97. The van der Waals surface area contributed by atoms with Crippen LogP contribution in [0.5, 0.6) is 0 Å². The number of nitrogens with zero attached hydrogens (tertiary/aromatic N) is 2. The number of hydrogen-bond acceptors (Lipinski definition) is 4. The molecule has 6 heteroatoms. The summed E-state index contributed by atoms with van der Waals surface area (Å²) in [5, 5.41) is 6.64. The van der Waals surface area contributed by atoms with E-state index in [1.165, 1.54) is 5.56 Å². The van der Waals surface area contributed by atoms with Crippen molar-refractivity contribution in [3.63, 3.8) is 0 Å². The molecule has 174 valence electrons. The summed E-state index contributed by atoms with van der Waals surface area (Å²) >= 11 is 0. The molecule has 1 atom stereocenters. The number of carbonyl (C=O) groups is 1. The predicted octanol–water partition coefficient (Wildman–Crippen LogP) is 6.27. The number of nitrogens with one attached hydrogen (secondary N) is 1. The Balaban J connectivity index is 2.34. The lowest BCUT2D eigenvalue weighted by molar-refractivity contribution is -0.129. The number of nitrogens with two attached hydrogens (primary N) is 1. The SMILES string of the molecule is CCC(CC)(c1ccc(C(N)=NN=N)cc1)C1(C)C=C(C)C(OCC(=O)C(C)(C)C)=CC1. The molecule has 0 radical (unpaired) electrons. The number of ether oxygens (including phenoxy) is 1. The number of amidine groups is 1. The fraction of sp³-hybridized carbons (Fsp3) is 0.538. The summed E-state index contributed by atoms with van der Waals surface area (Å²) in [7, 11) is 0. The second-order valence-electron chi connectivity index (χ2n) is 9.93. The van der Waals surface area contributed by atoms with Crippen LogP contribution in [0.3, 0.4) is 0 Å². The Hall–Kier alpha value is -2.76. The molecule has 1 aromatic rings. The van der Waals surface area contributed by atoms with Crippen LogP contribution >= 0.6 is 0 Å². The minimum atomic E-state index is -0.407. The first-order chi connectivity index (χ1) is 14.9. The molecule has 6 nitrogen and oxygen atoms in total. The fourth-order valence-corrected chi connectivity index (χ4v) is 4.81. The van der Waals surface area contributed by atoms with Gasteiger partial charge in [-0.05, 0) is 48.8 Å². The molecule has 2 rings (SSSR count). The number of ketones is 1. The highest BCUT2D eigenvalue weighted by Crippen LogP contribution is 2.53. The zero-order valence-corrected chi connectivity index (χ0v) is 20.6. The standard InChI is InChI=1S/C26H38N4O2/c1-8-26(9-2,20-12-10-19(11-13-20)23(27)29-30-28)25(7)15-14-21(18(3)16-25)32-17-22(31)24(4,5)6/h10-14,16H,8-9,15,17H2,1-7H3,(H3,27,28,29). The Bertz CT molecular complexity index is 932. The van der Waals surface area contributed by atoms with Gasteiger partial charge in [0.1, 0.15) is 12.4 Å². The summed E-state index contributed by atoms with van der Waals surface area (Å²) in [6.45, 7) is 14.7. The smallest absolute Gasteiger partial charge is 0.175 e. The van der Waals surface area contributed by atoms with E-state index in [1.807, 2.05) is 32.9 Å². The third-order valence-electron chi connectivity index (χ3n) is 7.02. The maximum atomic E-state index is 12.3. The van der Waals surface area contributed by atoms with Crippen molar-refractivity contribution in [3.8, 4) is 0 Å². The van der Waals surface area contributed by atoms with Gasteiger partial charge in [-0.25, -0.2) is 0 Å². The predicted molar refractivity (Wildman–Crippen MR) is 130 cm³/mol. The molecule has 1 unspecified atom stereocenters. The molecule has 0 aromatic heterocycles. The Kier molecular flexibility index (Phi) is 7.81. The Morgan fingerprint density at radius 3 is 2.25 bits per heavy atom. The number of benzene rings is 1. The lowest BCUT2D eigenvalue weighted by atomic mass is 9.55. The van der Waals surface area contributed by atoms with Crippen LogP contribution in [0.2, 0.25) is 0 Å². The highest BCUT2D eigenvalue weighted by Gasteiger charge is 2.46. The van der Waals surface area contributed by atoms with Gasteiger partial charge in [-0.15, -0.1) is 5.10 Å². The second-order valence-corrected chi connectivity index (χ2v) is 9.93. The van der Waals surface area contributed by atoms with E-state index < -0.39 is 5.41 Å². The zero-order chi connectivity index (χ0) is 24.2. The fourth-order valence-electron chi connectivity index (χ4n) is 4.81. The van der Waals surface area contributed by atoms with Gasteiger partial charge in [0.15, 0.2) is 11.6 Å². The molecule has 1 aliphatic carbocycles. The first-order valence-electron chi connectivity index (χ1n) is 11.3. The lowest BCUT2D eigenvalue weighted by Crippen LogP contribution is -2.43. The summed E-state index contributed by atoms with van der Waals surface area (Å²) in [5.41, 5.74) is 15.2.